The molecule has 128 valence electrons. The number of anilines is 1. The van der Waals surface area contributed by atoms with E-state index >= 15 is 0 Å². The average Bonchev–Trinajstić information content (AvgIpc) is 2.63. The van der Waals surface area contributed by atoms with Crippen molar-refractivity contribution in [3.8, 4) is 11.8 Å². The van der Waals surface area contributed by atoms with Crippen LogP contribution < -0.4 is 15.4 Å². The minimum absolute atomic E-state index is 0.0548. The molecule has 5 nitrogen and oxygen atoms in total. The topological polar surface area (TPSA) is 74.1 Å². The molecule has 0 saturated heterocycles. The van der Waals surface area contributed by atoms with Gasteiger partial charge in [-0.3, -0.25) is 4.79 Å². The summed E-state index contributed by atoms with van der Waals surface area (Å²) in [5.41, 5.74) is 1.21. The predicted molar refractivity (Wildman–Crippen MR) is 93.6 cm³/mol. The number of rotatable bonds is 6. The standard InChI is InChI=1S/C18H15ClFN3O2/c1-25-15-5-2-12(3-6-15)10-23-18(24)13(9-21)11-22-14-4-7-17(20)16(19)8-14/h2-8,11,22H,10H2,1H3,(H,23,24)/b13-11-. The number of halogens is 2. The van der Waals surface area contributed by atoms with E-state index in [1.807, 2.05) is 18.2 Å². The van der Waals surface area contributed by atoms with Gasteiger partial charge in [0.05, 0.1) is 12.1 Å². The van der Waals surface area contributed by atoms with E-state index in [9.17, 15) is 9.18 Å². The molecular weight excluding hydrogens is 345 g/mol. The zero-order valence-corrected chi connectivity index (χ0v) is 14.1. The summed E-state index contributed by atoms with van der Waals surface area (Å²) in [5.74, 6) is -0.359. The van der Waals surface area contributed by atoms with Crippen molar-refractivity contribution in [1.82, 2.24) is 5.32 Å². The first kappa shape index (κ1) is 18.3. The zero-order valence-electron chi connectivity index (χ0n) is 13.3. The second-order valence-corrected chi connectivity index (χ2v) is 5.38. The number of carbonyl (C=O) groups excluding carboxylic acids is 1. The fourth-order valence-corrected chi connectivity index (χ4v) is 2.09. The van der Waals surface area contributed by atoms with Gasteiger partial charge in [-0.2, -0.15) is 5.26 Å². The van der Waals surface area contributed by atoms with E-state index in [1.165, 1.54) is 24.4 Å². The van der Waals surface area contributed by atoms with Crippen LogP contribution in [0.1, 0.15) is 5.56 Å². The second kappa shape index (κ2) is 8.71. The molecule has 7 heteroatoms. The number of nitriles is 1. The minimum atomic E-state index is -0.547. The van der Waals surface area contributed by atoms with Gasteiger partial charge in [0, 0.05) is 18.4 Å². The second-order valence-electron chi connectivity index (χ2n) is 4.97. The Kier molecular flexibility index (Phi) is 6.38. The Morgan fingerprint density at radius 3 is 2.64 bits per heavy atom. The first-order valence-electron chi connectivity index (χ1n) is 7.26. The summed E-state index contributed by atoms with van der Waals surface area (Å²) in [6.07, 6.45) is 1.24. The summed E-state index contributed by atoms with van der Waals surface area (Å²) in [6.45, 7) is 0.268. The third-order valence-corrected chi connectivity index (χ3v) is 3.57. The smallest absolute Gasteiger partial charge is 0.263 e. The number of ether oxygens (including phenoxy) is 1. The molecule has 0 spiro atoms. The Morgan fingerprint density at radius 1 is 1.32 bits per heavy atom. The van der Waals surface area contributed by atoms with Gasteiger partial charge in [0.15, 0.2) is 0 Å². The van der Waals surface area contributed by atoms with E-state index in [1.54, 1.807) is 19.2 Å². The fourth-order valence-electron chi connectivity index (χ4n) is 1.91. The molecule has 0 saturated carbocycles. The highest BCUT2D eigenvalue weighted by Crippen LogP contribution is 2.19. The summed E-state index contributed by atoms with van der Waals surface area (Å²) < 4.78 is 18.2. The highest BCUT2D eigenvalue weighted by Gasteiger charge is 2.09. The molecular formula is C18H15ClFN3O2. The maximum Gasteiger partial charge on any atom is 0.263 e. The molecule has 0 fully saturated rings. The fraction of sp³-hybridized carbons (Fsp3) is 0.111. The van der Waals surface area contributed by atoms with Gasteiger partial charge in [0.1, 0.15) is 23.2 Å². The molecule has 25 heavy (non-hydrogen) atoms. The number of nitrogens with zero attached hydrogens (tertiary/aromatic N) is 1. The summed E-state index contributed by atoms with van der Waals surface area (Å²) in [6, 6.07) is 13.0. The number of nitrogens with one attached hydrogen (secondary N) is 2. The van der Waals surface area contributed by atoms with E-state index in [-0.39, 0.29) is 17.1 Å². The SMILES string of the molecule is COc1ccc(CNC(=O)/C(C#N)=C\Nc2ccc(F)c(Cl)c2)cc1. The Labute approximate surface area is 149 Å². The van der Waals surface area contributed by atoms with Gasteiger partial charge < -0.3 is 15.4 Å². The Bertz CT molecular complexity index is 829. The number of amides is 1. The highest BCUT2D eigenvalue weighted by molar-refractivity contribution is 6.31. The Morgan fingerprint density at radius 2 is 2.04 bits per heavy atom. The molecule has 0 aliphatic heterocycles. The van der Waals surface area contributed by atoms with Crippen LogP contribution in [0.3, 0.4) is 0 Å². The van der Waals surface area contributed by atoms with Crippen LogP contribution in [0.2, 0.25) is 5.02 Å². The molecule has 0 atom stereocenters. The normalized spacial score (nSPS) is 10.7. The molecule has 2 aromatic carbocycles. The first-order chi connectivity index (χ1) is 12.0. The van der Waals surface area contributed by atoms with Crippen LogP contribution >= 0.6 is 11.6 Å². The number of benzene rings is 2. The van der Waals surface area contributed by atoms with Gasteiger partial charge in [0.25, 0.3) is 5.91 Å². The number of methoxy groups -OCH3 is 1. The van der Waals surface area contributed by atoms with Gasteiger partial charge >= 0.3 is 0 Å². The van der Waals surface area contributed by atoms with Crippen molar-refractivity contribution in [2.45, 2.75) is 6.54 Å². The molecule has 0 aromatic heterocycles. The van der Waals surface area contributed by atoms with Crippen LogP contribution in [0.15, 0.2) is 54.2 Å². The van der Waals surface area contributed by atoms with Gasteiger partial charge in [-0.25, -0.2) is 4.39 Å². The summed E-state index contributed by atoms with van der Waals surface area (Å²) in [5, 5.41) is 14.5. The van der Waals surface area contributed by atoms with Crippen molar-refractivity contribution in [1.29, 1.82) is 5.26 Å². The molecule has 0 aliphatic carbocycles. The highest BCUT2D eigenvalue weighted by atomic mass is 35.5. The van der Waals surface area contributed by atoms with E-state index in [2.05, 4.69) is 10.6 Å². The Hall–Kier alpha value is -3.04. The lowest BCUT2D eigenvalue weighted by molar-refractivity contribution is -0.117. The molecule has 1 amide bonds. The lowest BCUT2D eigenvalue weighted by atomic mass is 10.2. The van der Waals surface area contributed by atoms with Crippen LogP contribution in [0.5, 0.6) is 5.75 Å². The quantitative estimate of drug-likeness (QED) is 0.610. The number of carbonyl (C=O) groups is 1. The lowest BCUT2D eigenvalue weighted by Crippen LogP contribution is -2.24. The monoisotopic (exact) mass is 359 g/mol. The Balaban J connectivity index is 1.97. The van der Waals surface area contributed by atoms with Gasteiger partial charge in [-0.15, -0.1) is 0 Å². The van der Waals surface area contributed by atoms with Crippen molar-refractivity contribution in [2.24, 2.45) is 0 Å². The van der Waals surface area contributed by atoms with Crippen LogP contribution in [-0.4, -0.2) is 13.0 Å². The maximum absolute atomic E-state index is 13.1. The lowest BCUT2D eigenvalue weighted by Gasteiger charge is -2.07. The van der Waals surface area contributed by atoms with Crippen LogP contribution in [0.25, 0.3) is 0 Å². The average molecular weight is 360 g/mol. The molecule has 2 aromatic rings. The summed E-state index contributed by atoms with van der Waals surface area (Å²) in [7, 11) is 1.57. The van der Waals surface area contributed by atoms with Crippen molar-refractivity contribution in [3.05, 3.63) is 70.6 Å². The van der Waals surface area contributed by atoms with E-state index in [4.69, 9.17) is 21.6 Å². The molecule has 0 aliphatic rings. The van der Waals surface area contributed by atoms with Crippen molar-refractivity contribution < 1.29 is 13.9 Å². The van der Waals surface area contributed by atoms with Crippen LogP contribution in [0.4, 0.5) is 10.1 Å². The summed E-state index contributed by atoms with van der Waals surface area (Å²) >= 11 is 5.68. The minimum Gasteiger partial charge on any atom is -0.497 e. The number of hydrogen-bond donors (Lipinski definition) is 2. The van der Waals surface area contributed by atoms with Crippen molar-refractivity contribution in [2.75, 3.05) is 12.4 Å². The van der Waals surface area contributed by atoms with Crippen LogP contribution in [-0.2, 0) is 11.3 Å². The number of hydrogen-bond acceptors (Lipinski definition) is 4. The molecule has 0 radical (unpaired) electrons. The molecule has 2 rings (SSSR count). The third kappa shape index (κ3) is 5.23. The maximum atomic E-state index is 13.1. The zero-order chi connectivity index (χ0) is 18.2. The van der Waals surface area contributed by atoms with E-state index in [0.717, 1.165) is 11.3 Å². The van der Waals surface area contributed by atoms with Crippen molar-refractivity contribution in [3.63, 3.8) is 0 Å². The van der Waals surface area contributed by atoms with Crippen molar-refractivity contribution >= 4 is 23.2 Å². The van der Waals surface area contributed by atoms with Gasteiger partial charge in [-0.05, 0) is 35.9 Å². The van der Waals surface area contributed by atoms with E-state index in [0.29, 0.717) is 5.69 Å². The predicted octanol–water partition coefficient (Wildman–Crippen LogP) is 3.62. The first-order valence-corrected chi connectivity index (χ1v) is 7.64. The molecule has 0 bridgehead atoms. The van der Waals surface area contributed by atoms with Gasteiger partial charge in [0.2, 0.25) is 0 Å². The van der Waals surface area contributed by atoms with Gasteiger partial charge in [-0.1, -0.05) is 23.7 Å². The molecule has 0 heterocycles. The largest absolute Gasteiger partial charge is 0.497 e. The van der Waals surface area contributed by atoms with Crippen LogP contribution in [0, 0.1) is 17.1 Å². The summed E-state index contributed by atoms with van der Waals surface area (Å²) in [4.78, 5) is 12.1. The molecule has 2 N–H and O–H groups in total. The van der Waals surface area contributed by atoms with E-state index < -0.39 is 11.7 Å². The third-order valence-electron chi connectivity index (χ3n) is 3.28. The molecule has 0 unspecified atom stereocenters.